The molecule has 2 heteroatoms. The highest BCUT2D eigenvalue weighted by atomic mass is 35.5. The normalized spacial score (nSPS) is 14.2. The van der Waals surface area contributed by atoms with Gasteiger partial charge >= 0.3 is 0 Å². The lowest BCUT2D eigenvalue weighted by atomic mass is 9.83. The highest BCUT2D eigenvalue weighted by Crippen LogP contribution is 2.32. The molecule has 0 bridgehead atoms. The van der Waals surface area contributed by atoms with Crippen LogP contribution in [0.4, 0.5) is 0 Å². The lowest BCUT2D eigenvalue weighted by molar-refractivity contribution is 0.609. The van der Waals surface area contributed by atoms with Crippen molar-refractivity contribution < 1.29 is 0 Å². The fourth-order valence-corrected chi connectivity index (χ4v) is 2.76. The van der Waals surface area contributed by atoms with Gasteiger partial charge in [0, 0.05) is 5.02 Å². The molecular formula is C18H16ClN. The molecule has 0 saturated heterocycles. The Morgan fingerprint density at radius 2 is 1.50 bits per heavy atom. The molecule has 2 N–H and O–H groups in total. The van der Waals surface area contributed by atoms with E-state index in [1.54, 1.807) is 0 Å². The topological polar surface area (TPSA) is 26.0 Å². The molecular weight excluding hydrogens is 266 g/mol. The third-order valence-corrected chi connectivity index (χ3v) is 4.05. The van der Waals surface area contributed by atoms with Crippen LogP contribution in [0.25, 0.3) is 10.8 Å². The van der Waals surface area contributed by atoms with Crippen LogP contribution in [-0.4, -0.2) is 0 Å². The van der Waals surface area contributed by atoms with Crippen molar-refractivity contribution >= 4 is 22.4 Å². The predicted molar refractivity (Wildman–Crippen MR) is 86.0 cm³/mol. The van der Waals surface area contributed by atoms with Crippen molar-refractivity contribution in [2.45, 2.75) is 12.5 Å². The third kappa shape index (κ3) is 2.20. The highest BCUT2D eigenvalue weighted by Gasteiger charge is 2.25. The summed E-state index contributed by atoms with van der Waals surface area (Å²) in [4.78, 5) is 0. The first-order valence-corrected chi connectivity index (χ1v) is 7.00. The van der Waals surface area contributed by atoms with Crippen LogP contribution in [0.15, 0.2) is 66.7 Å². The van der Waals surface area contributed by atoms with Gasteiger partial charge in [0.05, 0.1) is 5.54 Å². The zero-order chi connectivity index (χ0) is 14.2. The van der Waals surface area contributed by atoms with E-state index in [0.717, 1.165) is 16.1 Å². The van der Waals surface area contributed by atoms with Gasteiger partial charge in [-0.25, -0.2) is 0 Å². The zero-order valence-electron chi connectivity index (χ0n) is 11.3. The summed E-state index contributed by atoms with van der Waals surface area (Å²) in [6.45, 7) is 2.04. The molecule has 20 heavy (non-hydrogen) atoms. The highest BCUT2D eigenvalue weighted by molar-refractivity contribution is 6.30. The van der Waals surface area contributed by atoms with Gasteiger partial charge in [-0.1, -0.05) is 66.2 Å². The molecule has 1 atom stereocenters. The Bertz CT molecular complexity index is 739. The van der Waals surface area contributed by atoms with Crippen molar-refractivity contribution in [3.8, 4) is 0 Å². The van der Waals surface area contributed by atoms with Gasteiger partial charge in [-0.15, -0.1) is 0 Å². The molecule has 0 amide bonds. The SMILES string of the molecule is CC(N)(c1ccc(Cl)cc1)c1cccc2ccccc12. The van der Waals surface area contributed by atoms with Crippen LogP contribution >= 0.6 is 11.6 Å². The fourth-order valence-electron chi connectivity index (χ4n) is 2.63. The summed E-state index contributed by atoms with van der Waals surface area (Å²) < 4.78 is 0. The van der Waals surface area contributed by atoms with Gasteiger partial charge < -0.3 is 5.73 Å². The van der Waals surface area contributed by atoms with E-state index in [-0.39, 0.29) is 0 Å². The Balaban J connectivity index is 2.20. The van der Waals surface area contributed by atoms with Gasteiger partial charge in [0.2, 0.25) is 0 Å². The molecule has 0 saturated carbocycles. The molecule has 1 unspecified atom stereocenters. The van der Waals surface area contributed by atoms with Gasteiger partial charge in [0.25, 0.3) is 0 Å². The molecule has 0 aliphatic heterocycles. The number of hydrogen-bond acceptors (Lipinski definition) is 1. The van der Waals surface area contributed by atoms with Crippen LogP contribution < -0.4 is 5.73 Å². The summed E-state index contributed by atoms with van der Waals surface area (Å²) in [5.74, 6) is 0. The lowest BCUT2D eigenvalue weighted by Crippen LogP contribution is -2.34. The average Bonchev–Trinajstić information content (AvgIpc) is 2.47. The van der Waals surface area contributed by atoms with Crippen LogP contribution in [0.2, 0.25) is 5.02 Å². The maximum atomic E-state index is 6.63. The fraction of sp³-hybridized carbons (Fsp3) is 0.111. The minimum atomic E-state index is -0.550. The molecule has 0 heterocycles. The minimum absolute atomic E-state index is 0.550. The van der Waals surface area contributed by atoms with Crippen LogP contribution in [0.1, 0.15) is 18.1 Å². The quantitative estimate of drug-likeness (QED) is 0.723. The molecule has 100 valence electrons. The second-order valence-electron chi connectivity index (χ2n) is 5.24. The molecule has 3 aromatic rings. The largest absolute Gasteiger partial charge is 0.318 e. The van der Waals surface area contributed by atoms with Crippen LogP contribution in [0.5, 0.6) is 0 Å². The van der Waals surface area contributed by atoms with E-state index < -0.39 is 5.54 Å². The first-order chi connectivity index (χ1) is 9.59. The van der Waals surface area contributed by atoms with Crippen molar-refractivity contribution in [3.05, 3.63) is 82.9 Å². The Kier molecular flexibility index (Phi) is 3.25. The van der Waals surface area contributed by atoms with Crippen molar-refractivity contribution in [3.63, 3.8) is 0 Å². The summed E-state index contributed by atoms with van der Waals surface area (Å²) >= 11 is 5.96. The van der Waals surface area contributed by atoms with Gasteiger partial charge in [-0.3, -0.25) is 0 Å². The van der Waals surface area contributed by atoms with Crippen LogP contribution in [-0.2, 0) is 5.54 Å². The zero-order valence-corrected chi connectivity index (χ0v) is 12.1. The Hall–Kier alpha value is -1.83. The second-order valence-corrected chi connectivity index (χ2v) is 5.67. The maximum absolute atomic E-state index is 6.63. The Labute approximate surface area is 124 Å². The van der Waals surface area contributed by atoms with E-state index in [9.17, 15) is 0 Å². The molecule has 0 aliphatic carbocycles. The van der Waals surface area contributed by atoms with Crippen LogP contribution in [0, 0.1) is 0 Å². The molecule has 0 aromatic heterocycles. The summed E-state index contributed by atoms with van der Waals surface area (Å²) in [5.41, 5.74) is 8.26. The standard InChI is InChI=1S/C18H16ClN/c1-18(20,14-9-11-15(19)12-10-14)17-8-4-6-13-5-2-3-7-16(13)17/h2-12H,20H2,1H3. The summed E-state index contributed by atoms with van der Waals surface area (Å²) in [6.07, 6.45) is 0. The molecule has 0 radical (unpaired) electrons. The molecule has 0 spiro atoms. The van der Waals surface area contributed by atoms with E-state index in [2.05, 4.69) is 30.3 Å². The summed E-state index contributed by atoms with van der Waals surface area (Å²) in [6, 6.07) is 22.3. The van der Waals surface area contributed by atoms with Gasteiger partial charge in [0.15, 0.2) is 0 Å². The van der Waals surface area contributed by atoms with Gasteiger partial charge in [0.1, 0.15) is 0 Å². The summed E-state index contributed by atoms with van der Waals surface area (Å²) in [7, 11) is 0. The third-order valence-electron chi connectivity index (χ3n) is 3.79. The van der Waals surface area contributed by atoms with Gasteiger partial charge in [-0.05, 0) is 41.0 Å². The summed E-state index contributed by atoms with van der Waals surface area (Å²) in [5, 5.41) is 3.12. The Morgan fingerprint density at radius 1 is 0.850 bits per heavy atom. The van der Waals surface area contributed by atoms with Gasteiger partial charge in [-0.2, -0.15) is 0 Å². The predicted octanol–water partition coefficient (Wildman–Crippen LogP) is 4.72. The number of nitrogens with two attached hydrogens (primary N) is 1. The smallest absolute Gasteiger partial charge is 0.0643 e. The number of benzene rings is 3. The molecule has 3 rings (SSSR count). The number of fused-ring (bicyclic) bond motifs is 1. The molecule has 0 fully saturated rings. The first kappa shape index (κ1) is 13.2. The van der Waals surface area contributed by atoms with E-state index in [0.29, 0.717) is 0 Å². The molecule has 1 nitrogen and oxygen atoms in total. The van der Waals surface area contributed by atoms with Crippen molar-refractivity contribution in [1.29, 1.82) is 0 Å². The lowest BCUT2D eigenvalue weighted by Gasteiger charge is -2.27. The monoisotopic (exact) mass is 281 g/mol. The first-order valence-electron chi connectivity index (χ1n) is 6.62. The van der Waals surface area contributed by atoms with Crippen molar-refractivity contribution in [2.24, 2.45) is 5.73 Å². The van der Waals surface area contributed by atoms with E-state index >= 15 is 0 Å². The van der Waals surface area contributed by atoms with E-state index in [1.165, 1.54) is 10.8 Å². The van der Waals surface area contributed by atoms with Crippen molar-refractivity contribution in [2.75, 3.05) is 0 Å². The average molecular weight is 282 g/mol. The number of hydrogen-bond donors (Lipinski definition) is 1. The van der Waals surface area contributed by atoms with E-state index in [4.69, 9.17) is 17.3 Å². The maximum Gasteiger partial charge on any atom is 0.0643 e. The van der Waals surface area contributed by atoms with E-state index in [1.807, 2.05) is 43.3 Å². The number of halogens is 1. The number of rotatable bonds is 2. The Morgan fingerprint density at radius 3 is 2.25 bits per heavy atom. The molecule has 0 aliphatic rings. The minimum Gasteiger partial charge on any atom is -0.318 e. The molecule has 3 aromatic carbocycles. The second kappa shape index (κ2) is 4.93. The van der Waals surface area contributed by atoms with Crippen molar-refractivity contribution in [1.82, 2.24) is 0 Å². The van der Waals surface area contributed by atoms with Crippen LogP contribution in [0.3, 0.4) is 0 Å².